The molecular formula is C39H41Cl2N5O6. The van der Waals surface area contributed by atoms with Crippen molar-refractivity contribution in [2.45, 2.75) is 69.8 Å². The van der Waals surface area contributed by atoms with Gasteiger partial charge in [0.1, 0.15) is 17.2 Å². The van der Waals surface area contributed by atoms with Gasteiger partial charge >= 0.3 is 5.97 Å². The lowest BCUT2D eigenvalue weighted by Crippen LogP contribution is -2.35. The third kappa shape index (κ3) is 7.41. The average Bonchev–Trinajstić information content (AvgIpc) is 3.90. The second-order valence-corrected chi connectivity index (χ2v) is 14.2. The average molecular weight is 747 g/mol. The van der Waals surface area contributed by atoms with Crippen LogP contribution in [0, 0.1) is 0 Å². The number of amides is 1. The molecule has 11 nitrogen and oxygen atoms in total. The smallest absolute Gasteiger partial charge is 0.320 e. The number of aromatic nitrogens is 2. The maximum atomic E-state index is 11.7. The highest BCUT2D eigenvalue weighted by molar-refractivity contribution is 6.36. The van der Waals surface area contributed by atoms with Crippen LogP contribution in [0.3, 0.4) is 0 Å². The number of methoxy groups -OCH3 is 2. The highest BCUT2D eigenvalue weighted by Crippen LogP contribution is 2.45. The monoisotopic (exact) mass is 745 g/mol. The molecule has 272 valence electrons. The number of fused-ring (bicyclic) bond motifs is 1. The number of rotatable bonds is 13. The number of ether oxygens (including phenoxy) is 3. The number of halogens is 2. The maximum Gasteiger partial charge on any atom is 0.320 e. The molecule has 0 spiro atoms. The van der Waals surface area contributed by atoms with Gasteiger partial charge < -0.3 is 30.0 Å². The van der Waals surface area contributed by atoms with Crippen molar-refractivity contribution in [3.05, 3.63) is 86.9 Å². The summed E-state index contributed by atoms with van der Waals surface area (Å²) >= 11 is 13.9. The molecule has 52 heavy (non-hydrogen) atoms. The van der Waals surface area contributed by atoms with Gasteiger partial charge in [0.25, 0.3) is 0 Å². The van der Waals surface area contributed by atoms with E-state index in [9.17, 15) is 14.7 Å². The highest BCUT2D eigenvalue weighted by Gasteiger charge is 2.32. The van der Waals surface area contributed by atoms with Crippen LogP contribution in [0.15, 0.2) is 54.6 Å². The van der Waals surface area contributed by atoms with Gasteiger partial charge in [0, 0.05) is 54.4 Å². The molecule has 0 bridgehead atoms. The molecule has 7 rings (SSSR count). The van der Waals surface area contributed by atoms with E-state index in [1.54, 1.807) is 13.2 Å². The SMILES string of the molecule is COc1nc(-c2cccc(-c3cccc4c3CC[C@@H]4Oc3nc(OC)c(CN4CCC[C@@H]4C(=O)O)cc3Cl)c2Cl)ccc1CNC[C@@H]1CCC(=O)N1. The summed E-state index contributed by atoms with van der Waals surface area (Å²) in [6.45, 7) is 2.29. The van der Waals surface area contributed by atoms with Crippen molar-refractivity contribution in [2.75, 3.05) is 27.3 Å². The first-order valence-corrected chi connectivity index (χ1v) is 18.3. The lowest BCUT2D eigenvalue weighted by Gasteiger charge is -2.23. The number of hydrogen-bond donors (Lipinski definition) is 3. The minimum Gasteiger partial charge on any atom is -0.481 e. The minimum atomic E-state index is -0.827. The molecule has 0 unspecified atom stereocenters. The van der Waals surface area contributed by atoms with E-state index in [4.69, 9.17) is 42.4 Å². The van der Waals surface area contributed by atoms with Gasteiger partial charge in [0.05, 0.1) is 24.9 Å². The predicted molar refractivity (Wildman–Crippen MR) is 198 cm³/mol. The van der Waals surface area contributed by atoms with E-state index < -0.39 is 12.0 Å². The second kappa shape index (κ2) is 15.7. The molecule has 2 aliphatic heterocycles. The molecule has 3 N–H and O–H groups in total. The van der Waals surface area contributed by atoms with Crippen molar-refractivity contribution in [1.29, 1.82) is 0 Å². The number of aliphatic carboxylic acids is 1. The number of carbonyl (C=O) groups is 2. The van der Waals surface area contributed by atoms with Crippen LogP contribution in [0.4, 0.5) is 0 Å². The second-order valence-electron chi connectivity index (χ2n) is 13.4. The van der Waals surface area contributed by atoms with E-state index in [2.05, 4.69) is 27.8 Å². The first-order valence-electron chi connectivity index (χ1n) is 17.6. The van der Waals surface area contributed by atoms with Crippen LogP contribution in [0.2, 0.25) is 10.0 Å². The van der Waals surface area contributed by atoms with E-state index in [0.717, 1.165) is 59.1 Å². The van der Waals surface area contributed by atoms with E-state index in [1.165, 1.54) is 7.11 Å². The number of likely N-dealkylation sites (tertiary alicyclic amines) is 1. The van der Waals surface area contributed by atoms with Crippen molar-refractivity contribution in [3.63, 3.8) is 0 Å². The first kappa shape index (κ1) is 36.0. The molecule has 4 aromatic rings. The number of carbonyl (C=O) groups excluding carboxylic acids is 1. The van der Waals surface area contributed by atoms with Crippen LogP contribution < -0.4 is 24.8 Å². The number of carboxylic acid groups (broad SMARTS) is 1. The Morgan fingerprint density at radius 3 is 2.48 bits per heavy atom. The topological polar surface area (TPSA) is 135 Å². The summed E-state index contributed by atoms with van der Waals surface area (Å²) in [7, 11) is 3.14. The van der Waals surface area contributed by atoms with Gasteiger partial charge in [-0.25, -0.2) is 4.98 Å². The molecule has 1 amide bonds. The fourth-order valence-electron chi connectivity index (χ4n) is 7.59. The molecule has 2 aromatic heterocycles. The largest absolute Gasteiger partial charge is 0.481 e. The van der Waals surface area contributed by atoms with Crippen LogP contribution in [0.25, 0.3) is 22.4 Å². The molecule has 3 atom stereocenters. The fourth-order valence-corrected chi connectivity index (χ4v) is 8.13. The van der Waals surface area contributed by atoms with Crippen molar-refractivity contribution < 1.29 is 28.9 Å². The van der Waals surface area contributed by atoms with Crippen molar-refractivity contribution in [3.8, 4) is 40.0 Å². The van der Waals surface area contributed by atoms with Crippen molar-refractivity contribution >= 4 is 35.1 Å². The molecule has 2 fully saturated rings. The van der Waals surface area contributed by atoms with Crippen LogP contribution in [-0.4, -0.2) is 71.2 Å². The summed E-state index contributed by atoms with van der Waals surface area (Å²) in [4.78, 5) is 34.6. The lowest BCUT2D eigenvalue weighted by atomic mass is 9.94. The molecule has 1 aliphatic carbocycles. The molecule has 0 radical (unpaired) electrons. The fraction of sp³-hybridized carbons (Fsp3) is 0.385. The van der Waals surface area contributed by atoms with Crippen LogP contribution in [0.1, 0.15) is 60.5 Å². The molecule has 4 heterocycles. The standard InChI is InChI=1S/C39H41Cl2N5O6/c1-50-36-22(19-42-20-24-12-16-34(47)43-24)11-14-31(44-36)29-9-4-8-28(35(29)41)25-6-3-7-27-26(25)13-15-33(27)52-38-30(40)18-23(37(45-38)51-2)21-46-17-5-10-32(46)39(48)49/h3-4,6-9,11,14,18,24,32-33,42H,5,10,12-13,15-17,19-21H2,1-2H3,(H,43,47)(H,48,49)/t24-,32+,33-/m0/s1. The van der Waals surface area contributed by atoms with E-state index in [1.807, 2.05) is 41.3 Å². The number of pyridine rings is 2. The summed E-state index contributed by atoms with van der Waals surface area (Å²) in [6, 6.07) is 17.4. The number of nitrogens with zero attached hydrogens (tertiary/aromatic N) is 3. The summed E-state index contributed by atoms with van der Waals surface area (Å²) in [5.74, 6) is 0.415. The van der Waals surface area contributed by atoms with E-state index >= 15 is 0 Å². The number of benzene rings is 2. The van der Waals surface area contributed by atoms with Gasteiger partial charge in [0.2, 0.25) is 23.5 Å². The van der Waals surface area contributed by atoms with Crippen LogP contribution >= 0.6 is 23.2 Å². The van der Waals surface area contributed by atoms with E-state index in [-0.39, 0.29) is 23.9 Å². The lowest BCUT2D eigenvalue weighted by molar-refractivity contribution is -0.142. The third-order valence-corrected chi connectivity index (χ3v) is 10.8. The Labute approximate surface area is 312 Å². The van der Waals surface area contributed by atoms with Crippen LogP contribution in [-0.2, 0) is 29.1 Å². The number of carboxylic acids is 1. The van der Waals surface area contributed by atoms with Crippen LogP contribution in [0.5, 0.6) is 17.6 Å². The van der Waals surface area contributed by atoms with Gasteiger partial charge in [0.15, 0.2) is 0 Å². The predicted octanol–water partition coefficient (Wildman–Crippen LogP) is 6.62. The summed E-state index contributed by atoms with van der Waals surface area (Å²) < 4.78 is 17.7. The third-order valence-electron chi connectivity index (χ3n) is 10.2. The van der Waals surface area contributed by atoms with Gasteiger partial charge in [-0.1, -0.05) is 65.7 Å². The minimum absolute atomic E-state index is 0.0982. The Morgan fingerprint density at radius 2 is 1.71 bits per heavy atom. The zero-order chi connectivity index (χ0) is 36.4. The summed E-state index contributed by atoms with van der Waals surface area (Å²) in [5.41, 5.74) is 7.21. The Bertz CT molecular complexity index is 1990. The Kier molecular flexibility index (Phi) is 10.8. The zero-order valence-corrected chi connectivity index (χ0v) is 30.6. The number of hydrogen-bond acceptors (Lipinski definition) is 9. The molecular weight excluding hydrogens is 705 g/mol. The first-order chi connectivity index (χ1) is 25.2. The Balaban J connectivity index is 1.09. The molecule has 2 aromatic carbocycles. The Hall–Kier alpha value is -4.42. The molecule has 2 saturated heterocycles. The van der Waals surface area contributed by atoms with Crippen molar-refractivity contribution in [2.24, 2.45) is 0 Å². The Morgan fingerprint density at radius 1 is 0.942 bits per heavy atom. The van der Waals surface area contributed by atoms with Gasteiger partial charge in [-0.15, -0.1) is 0 Å². The molecule has 3 aliphatic rings. The normalized spacial score (nSPS) is 19.8. The quantitative estimate of drug-likeness (QED) is 0.137. The highest BCUT2D eigenvalue weighted by atomic mass is 35.5. The van der Waals surface area contributed by atoms with Gasteiger partial charge in [-0.2, -0.15) is 4.98 Å². The van der Waals surface area contributed by atoms with Gasteiger partial charge in [-0.3, -0.25) is 14.5 Å². The summed E-state index contributed by atoms with van der Waals surface area (Å²) in [6.07, 6.45) is 4.04. The zero-order valence-electron chi connectivity index (χ0n) is 29.1. The number of nitrogens with one attached hydrogen (secondary N) is 2. The van der Waals surface area contributed by atoms with E-state index in [0.29, 0.717) is 72.1 Å². The molecule has 13 heteroatoms. The summed E-state index contributed by atoms with van der Waals surface area (Å²) in [5, 5.41) is 16.9. The molecule has 0 saturated carbocycles. The maximum absolute atomic E-state index is 11.7. The van der Waals surface area contributed by atoms with Crippen molar-refractivity contribution in [1.82, 2.24) is 25.5 Å². The van der Waals surface area contributed by atoms with Gasteiger partial charge in [-0.05, 0) is 67.5 Å².